The summed E-state index contributed by atoms with van der Waals surface area (Å²) in [7, 11) is 0. The highest BCUT2D eigenvalue weighted by Gasteiger charge is 2.31. The predicted octanol–water partition coefficient (Wildman–Crippen LogP) is 4.33. The number of pyridine rings is 1. The van der Waals surface area contributed by atoms with E-state index < -0.39 is 0 Å². The van der Waals surface area contributed by atoms with Crippen LogP contribution in [-0.2, 0) is 0 Å². The van der Waals surface area contributed by atoms with Crippen molar-refractivity contribution in [3.8, 4) is 16.9 Å². The van der Waals surface area contributed by atoms with Crippen LogP contribution >= 0.6 is 0 Å². The average Bonchev–Trinajstić information content (AvgIpc) is 3.24. The number of aryl methyl sites for hydroxylation is 2. The molecule has 0 bridgehead atoms. The molecule has 4 aromatic rings. The average molecular weight is 358 g/mol. The Hall–Kier alpha value is -3.41. The molecule has 0 amide bonds. The van der Waals surface area contributed by atoms with Gasteiger partial charge in [0, 0.05) is 11.8 Å². The van der Waals surface area contributed by atoms with E-state index in [4.69, 9.17) is 14.2 Å². The van der Waals surface area contributed by atoms with Gasteiger partial charge < -0.3 is 13.8 Å². The molecular weight excluding hydrogens is 340 g/mol. The summed E-state index contributed by atoms with van der Waals surface area (Å²) >= 11 is 0. The molecule has 27 heavy (non-hydrogen) atoms. The Balaban J connectivity index is 1.82. The van der Waals surface area contributed by atoms with Crippen molar-refractivity contribution >= 4 is 17.1 Å². The second kappa shape index (κ2) is 5.81. The van der Waals surface area contributed by atoms with E-state index in [2.05, 4.69) is 21.3 Å². The third-order valence-corrected chi connectivity index (χ3v) is 5.04. The van der Waals surface area contributed by atoms with Gasteiger partial charge in [-0.1, -0.05) is 17.8 Å². The molecule has 1 aliphatic heterocycles. The lowest BCUT2D eigenvalue weighted by atomic mass is 10.0. The molecule has 6 nitrogen and oxygen atoms in total. The normalized spacial score (nSPS) is 15.7. The largest absolute Gasteiger partial charge is 0.488 e. The first-order valence-corrected chi connectivity index (χ1v) is 8.83. The van der Waals surface area contributed by atoms with Gasteiger partial charge in [0.05, 0.1) is 22.5 Å². The van der Waals surface area contributed by atoms with E-state index in [1.165, 1.54) is 0 Å². The molecule has 0 fully saturated rings. The van der Waals surface area contributed by atoms with E-state index in [0.717, 1.165) is 50.9 Å². The standard InChI is InChI=1S/C21H18N4O2/c1-4-18-23-16-9-8-14(19-12(2)24-27-13(19)3)21-20(16)25(18)17(11-26-21)15-7-5-6-10-22-15/h4-10,17H,1,11H2,2-3H3/t17-/m1/s1. The fourth-order valence-electron chi connectivity index (χ4n) is 3.87. The van der Waals surface area contributed by atoms with Gasteiger partial charge in [-0.05, 0) is 44.2 Å². The lowest BCUT2D eigenvalue weighted by molar-refractivity contribution is 0.257. The zero-order chi connectivity index (χ0) is 18.5. The second-order valence-electron chi connectivity index (χ2n) is 6.63. The predicted molar refractivity (Wildman–Crippen MR) is 103 cm³/mol. The lowest BCUT2D eigenvalue weighted by Crippen LogP contribution is -2.25. The molecule has 0 radical (unpaired) electrons. The van der Waals surface area contributed by atoms with E-state index >= 15 is 0 Å². The van der Waals surface area contributed by atoms with Crippen LogP contribution in [0.4, 0.5) is 0 Å². The summed E-state index contributed by atoms with van der Waals surface area (Å²) in [6, 6.07) is 9.88. The van der Waals surface area contributed by atoms with Crippen molar-refractivity contribution in [2.24, 2.45) is 0 Å². The van der Waals surface area contributed by atoms with Crippen LogP contribution in [0.15, 0.2) is 47.6 Å². The van der Waals surface area contributed by atoms with Gasteiger partial charge in [-0.25, -0.2) is 4.98 Å². The molecule has 0 aliphatic carbocycles. The molecule has 0 saturated carbocycles. The van der Waals surface area contributed by atoms with Crippen molar-refractivity contribution in [3.05, 3.63) is 66.1 Å². The molecule has 4 heterocycles. The van der Waals surface area contributed by atoms with Crippen molar-refractivity contribution in [1.82, 2.24) is 19.7 Å². The van der Waals surface area contributed by atoms with Gasteiger partial charge >= 0.3 is 0 Å². The van der Waals surface area contributed by atoms with Crippen LogP contribution in [0.3, 0.4) is 0 Å². The van der Waals surface area contributed by atoms with E-state index in [1.807, 2.05) is 44.2 Å². The summed E-state index contributed by atoms with van der Waals surface area (Å²) in [6.45, 7) is 8.27. The molecule has 5 rings (SSSR count). The fourth-order valence-corrected chi connectivity index (χ4v) is 3.87. The zero-order valence-electron chi connectivity index (χ0n) is 15.1. The summed E-state index contributed by atoms with van der Waals surface area (Å²) in [6.07, 6.45) is 3.58. The molecule has 0 spiro atoms. The van der Waals surface area contributed by atoms with Crippen LogP contribution in [-0.4, -0.2) is 26.3 Å². The van der Waals surface area contributed by atoms with Gasteiger partial charge in [0.2, 0.25) is 0 Å². The lowest BCUT2D eigenvalue weighted by Gasteiger charge is -2.27. The van der Waals surface area contributed by atoms with Crippen molar-refractivity contribution < 1.29 is 9.26 Å². The van der Waals surface area contributed by atoms with Crippen LogP contribution in [0.5, 0.6) is 5.75 Å². The summed E-state index contributed by atoms with van der Waals surface area (Å²) in [4.78, 5) is 9.27. The first-order chi connectivity index (χ1) is 13.2. The van der Waals surface area contributed by atoms with Crippen LogP contribution in [0, 0.1) is 13.8 Å². The molecule has 0 unspecified atom stereocenters. The number of aromatic nitrogens is 4. The van der Waals surface area contributed by atoms with Crippen LogP contribution < -0.4 is 4.74 Å². The third kappa shape index (κ3) is 2.23. The SMILES string of the molecule is C=Cc1nc2ccc(-c3c(C)noc3C)c3c2n1[C@@H](c1ccccn1)CO3. The molecule has 134 valence electrons. The van der Waals surface area contributed by atoms with Gasteiger partial charge in [0.15, 0.2) is 5.75 Å². The summed E-state index contributed by atoms with van der Waals surface area (Å²) in [5, 5.41) is 4.09. The summed E-state index contributed by atoms with van der Waals surface area (Å²) in [5.41, 5.74) is 5.54. The number of hydrogen-bond donors (Lipinski definition) is 0. The van der Waals surface area contributed by atoms with Crippen LogP contribution in [0.1, 0.15) is 29.0 Å². The number of imidazole rings is 1. The van der Waals surface area contributed by atoms with Crippen molar-refractivity contribution in [2.75, 3.05) is 6.61 Å². The smallest absolute Gasteiger partial charge is 0.153 e. The molecule has 1 aromatic carbocycles. The van der Waals surface area contributed by atoms with Crippen LogP contribution in [0.2, 0.25) is 0 Å². The summed E-state index contributed by atoms with van der Waals surface area (Å²) in [5.74, 6) is 2.38. The van der Waals surface area contributed by atoms with E-state index in [1.54, 1.807) is 12.3 Å². The third-order valence-electron chi connectivity index (χ3n) is 5.04. The quantitative estimate of drug-likeness (QED) is 0.545. The Morgan fingerprint density at radius 2 is 2.11 bits per heavy atom. The van der Waals surface area contributed by atoms with E-state index in [-0.39, 0.29) is 6.04 Å². The maximum atomic E-state index is 6.28. The van der Waals surface area contributed by atoms with Gasteiger partial charge in [-0.15, -0.1) is 0 Å². The zero-order valence-corrected chi connectivity index (χ0v) is 15.1. The molecule has 3 aromatic heterocycles. The number of ether oxygens (including phenoxy) is 1. The topological polar surface area (TPSA) is 66.0 Å². The first kappa shape index (κ1) is 15.8. The molecule has 6 heteroatoms. The number of nitrogens with zero attached hydrogens (tertiary/aromatic N) is 4. The van der Waals surface area contributed by atoms with Gasteiger partial charge in [0.1, 0.15) is 29.8 Å². The number of hydrogen-bond acceptors (Lipinski definition) is 5. The highest BCUT2D eigenvalue weighted by Crippen LogP contribution is 2.44. The first-order valence-electron chi connectivity index (χ1n) is 8.83. The van der Waals surface area contributed by atoms with Crippen molar-refractivity contribution in [2.45, 2.75) is 19.9 Å². The Kier molecular flexibility index (Phi) is 3.40. The van der Waals surface area contributed by atoms with Gasteiger partial charge in [0.25, 0.3) is 0 Å². The summed E-state index contributed by atoms with van der Waals surface area (Å²) < 4.78 is 13.8. The molecule has 0 N–H and O–H groups in total. The number of benzene rings is 1. The minimum absolute atomic E-state index is 0.0587. The highest BCUT2D eigenvalue weighted by atomic mass is 16.5. The monoisotopic (exact) mass is 358 g/mol. The van der Waals surface area contributed by atoms with Gasteiger partial charge in [-0.3, -0.25) is 4.98 Å². The van der Waals surface area contributed by atoms with Crippen molar-refractivity contribution in [1.29, 1.82) is 0 Å². The molecular formula is C21H18N4O2. The van der Waals surface area contributed by atoms with Crippen molar-refractivity contribution in [3.63, 3.8) is 0 Å². The molecule has 1 atom stereocenters. The van der Waals surface area contributed by atoms with Gasteiger partial charge in [-0.2, -0.15) is 0 Å². The molecule has 1 aliphatic rings. The second-order valence-corrected chi connectivity index (χ2v) is 6.63. The maximum Gasteiger partial charge on any atom is 0.153 e. The Morgan fingerprint density at radius 1 is 1.22 bits per heavy atom. The Labute approximate surface area is 156 Å². The van der Waals surface area contributed by atoms with E-state index in [0.29, 0.717) is 6.61 Å². The minimum atomic E-state index is -0.0587. The number of rotatable bonds is 3. The van der Waals surface area contributed by atoms with E-state index in [9.17, 15) is 0 Å². The maximum absolute atomic E-state index is 6.28. The highest BCUT2D eigenvalue weighted by molar-refractivity contribution is 5.93. The van der Waals surface area contributed by atoms with Crippen LogP contribution in [0.25, 0.3) is 28.2 Å². The Bertz CT molecular complexity index is 1150. The molecule has 0 saturated heterocycles. The Morgan fingerprint density at radius 3 is 2.81 bits per heavy atom. The fraction of sp³-hybridized carbons (Fsp3) is 0.190. The minimum Gasteiger partial charge on any atom is -0.488 e.